The Morgan fingerprint density at radius 2 is 1.85 bits per heavy atom. The molecule has 0 saturated heterocycles. The van der Waals surface area contributed by atoms with Crippen LogP contribution < -0.4 is 9.80 Å². The second-order valence-electron chi connectivity index (χ2n) is 5.04. The van der Waals surface area contributed by atoms with Gasteiger partial charge in [0.15, 0.2) is 0 Å². The smallest absolute Gasteiger partial charge is 0.231 e. The van der Waals surface area contributed by atoms with Gasteiger partial charge in [-0.15, -0.1) is 0 Å². The van der Waals surface area contributed by atoms with Crippen molar-refractivity contribution in [3.63, 3.8) is 0 Å². The van der Waals surface area contributed by atoms with Crippen LogP contribution in [-0.4, -0.2) is 35.6 Å². The van der Waals surface area contributed by atoms with Crippen molar-refractivity contribution in [3.05, 3.63) is 40.7 Å². The summed E-state index contributed by atoms with van der Waals surface area (Å²) in [7, 11) is 3.78. The number of nitrogens with zero attached hydrogens (tertiary/aromatic N) is 5. The number of halogens is 1. The van der Waals surface area contributed by atoms with Gasteiger partial charge in [0.2, 0.25) is 17.2 Å². The van der Waals surface area contributed by atoms with Crippen molar-refractivity contribution in [3.8, 4) is 0 Å². The number of rotatable bonds is 2. The Labute approximate surface area is 123 Å². The van der Waals surface area contributed by atoms with Crippen molar-refractivity contribution in [2.24, 2.45) is 0 Å². The normalized spacial score (nSPS) is 14.1. The molecular formula is C14H16ClN5. The van der Waals surface area contributed by atoms with Crippen molar-refractivity contribution in [2.45, 2.75) is 13.0 Å². The van der Waals surface area contributed by atoms with E-state index in [1.165, 1.54) is 11.1 Å². The lowest BCUT2D eigenvalue weighted by molar-refractivity contribution is 0.703. The van der Waals surface area contributed by atoms with Crippen LogP contribution in [0.5, 0.6) is 0 Å². The molecule has 1 aromatic heterocycles. The van der Waals surface area contributed by atoms with Gasteiger partial charge >= 0.3 is 0 Å². The van der Waals surface area contributed by atoms with Crippen molar-refractivity contribution in [2.75, 3.05) is 30.4 Å². The number of hydrogen-bond donors (Lipinski definition) is 0. The zero-order valence-electron chi connectivity index (χ0n) is 11.5. The molecule has 6 heteroatoms. The molecule has 0 amide bonds. The number of fused-ring (bicyclic) bond motifs is 1. The molecule has 2 aromatic rings. The van der Waals surface area contributed by atoms with Gasteiger partial charge in [0.05, 0.1) is 0 Å². The molecule has 1 aromatic carbocycles. The molecule has 2 heterocycles. The minimum absolute atomic E-state index is 0.234. The van der Waals surface area contributed by atoms with E-state index in [9.17, 15) is 0 Å². The molecule has 104 valence electrons. The van der Waals surface area contributed by atoms with Gasteiger partial charge in [-0.25, -0.2) is 0 Å². The highest BCUT2D eigenvalue weighted by Gasteiger charge is 2.19. The lowest BCUT2D eigenvalue weighted by Gasteiger charge is -2.29. The second-order valence-corrected chi connectivity index (χ2v) is 5.38. The number of anilines is 2. The Bertz CT molecular complexity index is 629. The van der Waals surface area contributed by atoms with Crippen molar-refractivity contribution in [1.29, 1.82) is 0 Å². The van der Waals surface area contributed by atoms with Crippen LogP contribution in [0.2, 0.25) is 5.28 Å². The van der Waals surface area contributed by atoms with Gasteiger partial charge in [0, 0.05) is 27.2 Å². The molecule has 0 spiro atoms. The monoisotopic (exact) mass is 289 g/mol. The summed E-state index contributed by atoms with van der Waals surface area (Å²) in [6, 6.07) is 8.47. The Morgan fingerprint density at radius 3 is 2.60 bits per heavy atom. The van der Waals surface area contributed by atoms with E-state index in [0.717, 1.165) is 19.5 Å². The minimum Gasteiger partial charge on any atom is -0.347 e. The zero-order chi connectivity index (χ0) is 14.1. The second kappa shape index (κ2) is 5.25. The van der Waals surface area contributed by atoms with Gasteiger partial charge < -0.3 is 9.80 Å². The first-order valence-electron chi connectivity index (χ1n) is 6.54. The highest BCUT2D eigenvalue weighted by molar-refractivity contribution is 6.28. The van der Waals surface area contributed by atoms with Crippen LogP contribution in [0.3, 0.4) is 0 Å². The van der Waals surface area contributed by atoms with Crippen molar-refractivity contribution < 1.29 is 0 Å². The third-order valence-electron chi connectivity index (χ3n) is 3.40. The summed E-state index contributed by atoms with van der Waals surface area (Å²) in [5.74, 6) is 1.22. The summed E-state index contributed by atoms with van der Waals surface area (Å²) in [4.78, 5) is 16.8. The van der Waals surface area contributed by atoms with E-state index in [4.69, 9.17) is 11.6 Å². The van der Waals surface area contributed by atoms with Crippen LogP contribution in [0.1, 0.15) is 11.1 Å². The highest BCUT2D eigenvalue weighted by Crippen LogP contribution is 2.23. The summed E-state index contributed by atoms with van der Waals surface area (Å²) in [5, 5.41) is 0.234. The van der Waals surface area contributed by atoms with Crippen LogP contribution in [-0.2, 0) is 13.0 Å². The van der Waals surface area contributed by atoms with Crippen LogP contribution >= 0.6 is 11.6 Å². The topological polar surface area (TPSA) is 45.2 Å². The predicted octanol–water partition coefficient (Wildman–Crippen LogP) is 2.15. The van der Waals surface area contributed by atoms with E-state index >= 15 is 0 Å². The molecule has 5 nitrogen and oxygen atoms in total. The van der Waals surface area contributed by atoms with Crippen molar-refractivity contribution in [1.82, 2.24) is 15.0 Å². The maximum absolute atomic E-state index is 6.00. The number of benzene rings is 1. The molecular weight excluding hydrogens is 274 g/mol. The van der Waals surface area contributed by atoms with E-state index < -0.39 is 0 Å². The summed E-state index contributed by atoms with van der Waals surface area (Å²) < 4.78 is 0. The Morgan fingerprint density at radius 1 is 1.10 bits per heavy atom. The molecule has 0 radical (unpaired) electrons. The van der Waals surface area contributed by atoms with Gasteiger partial charge in [-0.05, 0) is 29.1 Å². The molecule has 3 rings (SSSR count). The van der Waals surface area contributed by atoms with E-state index in [0.29, 0.717) is 11.9 Å². The van der Waals surface area contributed by atoms with Crippen molar-refractivity contribution >= 4 is 23.5 Å². The van der Waals surface area contributed by atoms with Gasteiger partial charge in [0.25, 0.3) is 0 Å². The number of hydrogen-bond acceptors (Lipinski definition) is 5. The average Bonchev–Trinajstić information content (AvgIpc) is 2.46. The fourth-order valence-corrected chi connectivity index (χ4v) is 2.49. The van der Waals surface area contributed by atoms with Crippen LogP contribution in [0, 0.1) is 0 Å². The van der Waals surface area contributed by atoms with Gasteiger partial charge in [-0.3, -0.25) is 0 Å². The Hall–Kier alpha value is -1.88. The standard InChI is InChI=1S/C14H16ClN5/c1-19(2)13-16-12(15)17-14(18-13)20-8-7-10-5-3-4-6-11(10)9-20/h3-6H,7-9H2,1-2H3. The lowest BCUT2D eigenvalue weighted by atomic mass is 10.0. The minimum atomic E-state index is 0.234. The fourth-order valence-electron chi connectivity index (χ4n) is 2.34. The van der Waals surface area contributed by atoms with Crippen LogP contribution in [0.25, 0.3) is 0 Å². The molecule has 0 fully saturated rings. The van der Waals surface area contributed by atoms with E-state index in [-0.39, 0.29) is 5.28 Å². The molecule has 0 bridgehead atoms. The first-order chi connectivity index (χ1) is 9.63. The van der Waals surface area contributed by atoms with Crippen LogP contribution in [0.4, 0.5) is 11.9 Å². The molecule has 20 heavy (non-hydrogen) atoms. The predicted molar refractivity (Wildman–Crippen MR) is 80.4 cm³/mol. The largest absolute Gasteiger partial charge is 0.347 e. The molecule has 1 aliphatic rings. The zero-order valence-corrected chi connectivity index (χ0v) is 12.3. The first kappa shape index (κ1) is 13.1. The van der Waals surface area contributed by atoms with Gasteiger partial charge in [0.1, 0.15) is 0 Å². The maximum Gasteiger partial charge on any atom is 0.231 e. The molecule has 0 N–H and O–H groups in total. The lowest BCUT2D eigenvalue weighted by Crippen LogP contribution is -2.32. The third-order valence-corrected chi connectivity index (χ3v) is 3.57. The van der Waals surface area contributed by atoms with E-state index in [1.54, 1.807) is 0 Å². The van der Waals surface area contributed by atoms with Gasteiger partial charge in [-0.2, -0.15) is 15.0 Å². The summed E-state index contributed by atoms with van der Waals surface area (Å²) in [5.41, 5.74) is 2.72. The van der Waals surface area contributed by atoms with E-state index in [1.807, 2.05) is 19.0 Å². The highest BCUT2D eigenvalue weighted by atomic mass is 35.5. The fraction of sp³-hybridized carbons (Fsp3) is 0.357. The van der Waals surface area contributed by atoms with Crippen LogP contribution in [0.15, 0.2) is 24.3 Å². The summed E-state index contributed by atoms with van der Waals surface area (Å²) in [6.07, 6.45) is 0.997. The summed E-state index contributed by atoms with van der Waals surface area (Å²) in [6.45, 7) is 1.70. The Balaban J connectivity index is 1.91. The van der Waals surface area contributed by atoms with Gasteiger partial charge in [-0.1, -0.05) is 24.3 Å². The molecule has 0 aliphatic carbocycles. The average molecular weight is 290 g/mol. The first-order valence-corrected chi connectivity index (χ1v) is 6.92. The molecule has 0 unspecified atom stereocenters. The maximum atomic E-state index is 6.00. The summed E-state index contributed by atoms with van der Waals surface area (Å²) >= 11 is 6.00. The third kappa shape index (κ3) is 2.54. The molecule has 0 atom stereocenters. The molecule has 0 saturated carbocycles. The number of aromatic nitrogens is 3. The Kier molecular flexibility index (Phi) is 3.44. The SMILES string of the molecule is CN(C)c1nc(Cl)nc(N2CCc3ccccc3C2)n1. The molecule has 1 aliphatic heterocycles. The quantitative estimate of drug-likeness (QED) is 0.848. The van der Waals surface area contributed by atoms with E-state index in [2.05, 4.69) is 44.1 Å².